The summed E-state index contributed by atoms with van der Waals surface area (Å²) in [5, 5.41) is 3.41. The fourth-order valence-corrected chi connectivity index (χ4v) is 2.17. The molecule has 2 nitrogen and oxygen atoms in total. The van der Waals surface area contributed by atoms with Crippen LogP contribution in [0.2, 0.25) is 0 Å². The van der Waals surface area contributed by atoms with Crippen LogP contribution in [0.3, 0.4) is 0 Å². The lowest BCUT2D eigenvalue weighted by atomic mass is 10.0. The minimum absolute atomic E-state index is 0.794. The molecule has 21 heavy (non-hydrogen) atoms. The fraction of sp³-hybridized carbons (Fsp3) is 0.368. The molecule has 2 heteroatoms. The molecule has 0 atom stereocenters. The molecule has 112 valence electrons. The van der Waals surface area contributed by atoms with E-state index < -0.39 is 0 Å². The lowest BCUT2D eigenvalue weighted by Gasteiger charge is -2.07. The van der Waals surface area contributed by atoms with Gasteiger partial charge in [0.15, 0.2) is 0 Å². The van der Waals surface area contributed by atoms with E-state index in [1.165, 1.54) is 23.1 Å². The molecule has 0 aliphatic rings. The first-order valence-electron chi connectivity index (χ1n) is 7.83. The molecular formula is C19H25NO. The second-order valence-corrected chi connectivity index (χ2v) is 5.21. The molecule has 1 N–H and O–H groups in total. The van der Waals surface area contributed by atoms with Crippen LogP contribution >= 0.6 is 0 Å². The average Bonchev–Trinajstić information content (AvgIpc) is 2.55. The van der Waals surface area contributed by atoms with Crippen LogP contribution < -0.4 is 5.32 Å². The highest BCUT2D eigenvalue weighted by Gasteiger charge is 1.97. The molecule has 0 spiro atoms. The van der Waals surface area contributed by atoms with Gasteiger partial charge in [-0.25, -0.2) is 0 Å². The van der Waals surface area contributed by atoms with Crippen molar-refractivity contribution in [1.29, 1.82) is 0 Å². The molecule has 0 amide bonds. The Balaban J connectivity index is 1.71. The summed E-state index contributed by atoms with van der Waals surface area (Å²) in [6.45, 7) is 5.66. The molecule has 0 saturated carbocycles. The Kier molecular flexibility index (Phi) is 6.99. The molecule has 0 heterocycles. The number of nitrogens with one attached hydrogen (secondary N) is 1. The predicted octanol–water partition coefficient (Wildman–Crippen LogP) is 4.26. The van der Waals surface area contributed by atoms with E-state index in [1.54, 1.807) is 0 Å². The quantitative estimate of drug-likeness (QED) is 0.694. The Morgan fingerprint density at radius 1 is 0.857 bits per heavy atom. The van der Waals surface area contributed by atoms with Gasteiger partial charge in [-0.3, -0.25) is 0 Å². The van der Waals surface area contributed by atoms with Crippen LogP contribution in [-0.4, -0.2) is 19.8 Å². The van der Waals surface area contributed by atoms with E-state index in [-0.39, 0.29) is 0 Å². The van der Waals surface area contributed by atoms with Gasteiger partial charge in [-0.15, -0.1) is 0 Å². The Bertz CT molecular complexity index is 493. The summed E-state index contributed by atoms with van der Waals surface area (Å²) in [7, 11) is 0. The zero-order valence-corrected chi connectivity index (χ0v) is 12.8. The van der Waals surface area contributed by atoms with E-state index in [4.69, 9.17) is 4.74 Å². The van der Waals surface area contributed by atoms with Gasteiger partial charge in [0, 0.05) is 19.7 Å². The lowest BCUT2D eigenvalue weighted by Crippen LogP contribution is -2.19. The Morgan fingerprint density at radius 2 is 1.57 bits per heavy atom. The summed E-state index contributed by atoms with van der Waals surface area (Å²) >= 11 is 0. The molecular weight excluding hydrogens is 258 g/mol. The number of rotatable bonds is 9. The smallest absolute Gasteiger partial charge is 0.0591 e. The normalized spacial score (nSPS) is 10.7. The third kappa shape index (κ3) is 5.70. The number of ether oxygens (including phenoxy) is 1. The summed E-state index contributed by atoms with van der Waals surface area (Å²) in [4.78, 5) is 0. The van der Waals surface area contributed by atoms with Crippen LogP contribution in [0.5, 0.6) is 0 Å². The van der Waals surface area contributed by atoms with E-state index in [1.807, 2.05) is 6.07 Å². The van der Waals surface area contributed by atoms with Gasteiger partial charge in [0.1, 0.15) is 0 Å². The first-order chi connectivity index (χ1) is 10.4. The predicted molar refractivity (Wildman–Crippen MR) is 89.3 cm³/mol. The molecule has 0 aromatic heterocycles. The van der Waals surface area contributed by atoms with Gasteiger partial charge >= 0.3 is 0 Å². The summed E-state index contributed by atoms with van der Waals surface area (Å²) in [6, 6.07) is 19.2. The van der Waals surface area contributed by atoms with Crippen LogP contribution in [0.1, 0.15) is 25.3 Å². The van der Waals surface area contributed by atoms with Crippen LogP contribution in [0, 0.1) is 0 Å². The Labute approximate surface area is 128 Å². The van der Waals surface area contributed by atoms with E-state index in [9.17, 15) is 0 Å². The molecule has 0 radical (unpaired) electrons. The lowest BCUT2D eigenvalue weighted by molar-refractivity contribution is 0.133. The van der Waals surface area contributed by atoms with Crippen LogP contribution in [0.25, 0.3) is 11.1 Å². The van der Waals surface area contributed by atoms with Crippen molar-refractivity contribution in [2.45, 2.75) is 26.3 Å². The molecule has 0 unspecified atom stereocenters. The van der Waals surface area contributed by atoms with Gasteiger partial charge in [0.2, 0.25) is 0 Å². The highest BCUT2D eigenvalue weighted by atomic mass is 16.5. The number of benzene rings is 2. The first-order valence-corrected chi connectivity index (χ1v) is 7.83. The van der Waals surface area contributed by atoms with Crippen LogP contribution in [0.4, 0.5) is 0 Å². The number of unbranched alkanes of at least 4 members (excludes halogenated alkanes) is 1. The average molecular weight is 283 g/mol. The zero-order chi connectivity index (χ0) is 14.8. The summed E-state index contributed by atoms with van der Waals surface area (Å²) in [5.74, 6) is 0. The Hall–Kier alpha value is -1.64. The highest BCUT2D eigenvalue weighted by Crippen LogP contribution is 2.19. The van der Waals surface area contributed by atoms with Crippen molar-refractivity contribution in [3.8, 4) is 11.1 Å². The van der Waals surface area contributed by atoms with E-state index >= 15 is 0 Å². The van der Waals surface area contributed by atoms with Crippen molar-refractivity contribution in [2.24, 2.45) is 0 Å². The van der Waals surface area contributed by atoms with E-state index in [0.717, 1.165) is 32.7 Å². The van der Waals surface area contributed by atoms with Gasteiger partial charge in [-0.05, 0) is 23.1 Å². The third-order valence-corrected chi connectivity index (χ3v) is 3.46. The van der Waals surface area contributed by atoms with Gasteiger partial charge < -0.3 is 10.1 Å². The topological polar surface area (TPSA) is 21.3 Å². The second-order valence-electron chi connectivity index (χ2n) is 5.21. The number of hydrogen-bond acceptors (Lipinski definition) is 2. The van der Waals surface area contributed by atoms with Gasteiger partial charge in [0.25, 0.3) is 0 Å². The van der Waals surface area contributed by atoms with Crippen molar-refractivity contribution in [3.63, 3.8) is 0 Å². The molecule has 0 fully saturated rings. The molecule has 0 aliphatic carbocycles. The zero-order valence-electron chi connectivity index (χ0n) is 12.8. The van der Waals surface area contributed by atoms with Crippen LogP contribution in [0.15, 0.2) is 54.6 Å². The van der Waals surface area contributed by atoms with Crippen molar-refractivity contribution in [2.75, 3.05) is 19.8 Å². The van der Waals surface area contributed by atoms with Crippen molar-refractivity contribution in [1.82, 2.24) is 5.32 Å². The van der Waals surface area contributed by atoms with Crippen LogP contribution in [-0.2, 0) is 11.3 Å². The van der Waals surface area contributed by atoms with E-state index in [0.29, 0.717) is 0 Å². The van der Waals surface area contributed by atoms with Crippen molar-refractivity contribution in [3.05, 3.63) is 60.2 Å². The maximum Gasteiger partial charge on any atom is 0.0591 e. The van der Waals surface area contributed by atoms with Gasteiger partial charge in [-0.2, -0.15) is 0 Å². The minimum atomic E-state index is 0.794. The van der Waals surface area contributed by atoms with Gasteiger partial charge in [0.05, 0.1) is 6.61 Å². The SMILES string of the molecule is CCCCOCCNCc1ccc(-c2ccccc2)cc1. The number of hydrogen-bond donors (Lipinski definition) is 1. The molecule has 2 aromatic rings. The second kappa shape index (κ2) is 9.32. The van der Waals surface area contributed by atoms with Crippen molar-refractivity contribution >= 4 is 0 Å². The monoisotopic (exact) mass is 283 g/mol. The molecule has 2 aromatic carbocycles. The van der Waals surface area contributed by atoms with E-state index in [2.05, 4.69) is 60.8 Å². The highest BCUT2D eigenvalue weighted by molar-refractivity contribution is 5.63. The minimum Gasteiger partial charge on any atom is -0.380 e. The molecule has 0 bridgehead atoms. The molecule has 2 rings (SSSR count). The maximum atomic E-state index is 5.53. The Morgan fingerprint density at radius 3 is 2.29 bits per heavy atom. The standard InChI is InChI=1S/C19H25NO/c1-2-3-14-21-15-13-20-16-17-9-11-19(12-10-17)18-7-5-4-6-8-18/h4-12,20H,2-3,13-16H2,1H3. The molecule has 0 aliphatic heterocycles. The maximum absolute atomic E-state index is 5.53. The third-order valence-electron chi connectivity index (χ3n) is 3.46. The summed E-state index contributed by atoms with van der Waals surface area (Å²) < 4.78 is 5.53. The first kappa shape index (κ1) is 15.7. The van der Waals surface area contributed by atoms with Gasteiger partial charge in [-0.1, -0.05) is 67.9 Å². The fourth-order valence-electron chi connectivity index (χ4n) is 2.17. The van der Waals surface area contributed by atoms with Crippen molar-refractivity contribution < 1.29 is 4.74 Å². The largest absolute Gasteiger partial charge is 0.380 e. The molecule has 0 saturated heterocycles. The summed E-state index contributed by atoms with van der Waals surface area (Å²) in [5.41, 5.74) is 3.84. The summed E-state index contributed by atoms with van der Waals surface area (Å²) in [6.07, 6.45) is 2.35.